The average molecular weight is 315 g/mol. The molecular weight excluding hydrogens is 286 g/mol. The van der Waals surface area contributed by atoms with Crippen molar-refractivity contribution in [3.63, 3.8) is 0 Å². The number of esters is 1. The van der Waals surface area contributed by atoms with Crippen molar-refractivity contribution in [1.82, 2.24) is 5.32 Å². The van der Waals surface area contributed by atoms with Gasteiger partial charge in [-0.1, -0.05) is 6.08 Å². The van der Waals surface area contributed by atoms with Crippen LogP contribution in [0, 0.1) is 5.41 Å². The minimum absolute atomic E-state index is 0.0583. The maximum atomic E-state index is 12.4. The molecule has 0 aromatic carbocycles. The summed E-state index contributed by atoms with van der Waals surface area (Å²) in [7, 11) is 1.30. The molecule has 128 valence electrons. The fourth-order valence-corrected chi connectivity index (χ4v) is 1.79. The van der Waals surface area contributed by atoms with Crippen LogP contribution in [0.15, 0.2) is 12.7 Å². The van der Waals surface area contributed by atoms with Crippen molar-refractivity contribution in [3.8, 4) is 0 Å². The molecule has 0 radical (unpaired) electrons. The molecule has 1 atom stereocenters. The molecular formula is C16H29NO5. The number of Topliss-reactive ketones (excluding diaryl/α,β-unsaturated/α-hetero) is 1. The summed E-state index contributed by atoms with van der Waals surface area (Å²) in [6.45, 7) is 11.1. The number of methoxy groups -OCH3 is 1. The van der Waals surface area contributed by atoms with Crippen LogP contribution in [0.4, 0.5) is 0 Å². The fraction of sp³-hybridized carbons (Fsp3) is 0.750. The Kier molecular flexibility index (Phi) is 8.52. The zero-order chi connectivity index (χ0) is 17.4. The van der Waals surface area contributed by atoms with Gasteiger partial charge in [0.25, 0.3) is 0 Å². The lowest BCUT2D eigenvalue weighted by Crippen LogP contribution is -2.51. The number of rotatable bonds is 11. The van der Waals surface area contributed by atoms with Crippen LogP contribution >= 0.6 is 0 Å². The predicted molar refractivity (Wildman–Crippen MR) is 84.5 cm³/mol. The van der Waals surface area contributed by atoms with Gasteiger partial charge >= 0.3 is 5.97 Å². The number of carbonyl (C=O) groups is 2. The van der Waals surface area contributed by atoms with Gasteiger partial charge in [0.2, 0.25) is 0 Å². The molecule has 6 heteroatoms. The largest absolute Gasteiger partial charge is 0.469 e. The Bertz CT molecular complexity index is 390. The van der Waals surface area contributed by atoms with Gasteiger partial charge in [0.15, 0.2) is 5.78 Å². The zero-order valence-electron chi connectivity index (χ0n) is 14.3. The van der Waals surface area contributed by atoms with Crippen molar-refractivity contribution in [1.29, 1.82) is 0 Å². The number of hydrogen-bond donors (Lipinski definition) is 2. The molecule has 1 unspecified atom stereocenters. The molecule has 0 aliphatic carbocycles. The van der Waals surface area contributed by atoms with Crippen LogP contribution in [0.3, 0.4) is 0 Å². The van der Waals surface area contributed by atoms with Gasteiger partial charge in [0, 0.05) is 13.0 Å². The highest BCUT2D eigenvalue weighted by Crippen LogP contribution is 2.25. The van der Waals surface area contributed by atoms with E-state index in [4.69, 9.17) is 9.47 Å². The Hall–Kier alpha value is -1.24. The number of aliphatic hydroxyl groups is 1. The first kappa shape index (κ1) is 20.8. The van der Waals surface area contributed by atoms with Crippen molar-refractivity contribution in [2.24, 2.45) is 5.41 Å². The Morgan fingerprint density at radius 2 is 1.91 bits per heavy atom. The molecule has 0 saturated carbocycles. The Balaban J connectivity index is 4.45. The van der Waals surface area contributed by atoms with Gasteiger partial charge in [-0.25, -0.2) is 0 Å². The van der Waals surface area contributed by atoms with Crippen molar-refractivity contribution in [3.05, 3.63) is 12.7 Å². The molecule has 0 amide bonds. The van der Waals surface area contributed by atoms with E-state index >= 15 is 0 Å². The van der Waals surface area contributed by atoms with E-state index < -0.39 is 23.0 Å². The van der Waals surface area contributed by atoms with Crippen LogP contribution < -0.4 is 5.32 Å². The van der Waals surface area contributed by atoms with E-state index in [-0.39, 0.29) is 25.4 Å². The second-order valence-electron chi connectivity index (χ2n) is 6.46. The number of hydrogen-bond acceptors (Lipinski definition) is 6. The van der Waals surface area contributed by atoms with E-state index in [9.17, 15) is 14.7 Å². The molecule has 0 aromatic heterocycles. The first-order valence-electron chi connectivity index (χ1n) is 7.30. The zero-order valence-corrected chi connectivity index (χ0v) is 14.3. The number of nitrogens with one attached hydrogen (secondary N) is 1. The van der Waals surface area contributed by atoms with Gasteiger partial charge in [0.05, 0.1) is 37.4 Å². The third-order valence-corrected chi connectivity index (χ3v) is 3.36. The van der Waals surface area contributed by atoms with Gasteiger partial charge in [-0.2, -0.15) is 0 Å². The third-order valence-electron chi connectivity index (χ3n) is 3.36. The average Bonchev–Trinajstić information content (AvgIpc) is 2.44. The first-order valence-corrected chi connectivity index (χ1v) is 7.30. The van der Waals surface area contributed by atoms with Gasteiger partial charge < -0.3 is 19.9 Å². The summed E-state index contributed by atoms with van der Waals surface area (Å²) in [6.07, 6.45) is 0.936. The predicted octanol–water partition coefficient (Wildman–Crippen LogP) is 1.08. The van der Waals surface area contributed by atoms with Crippen molar-refractivity contribution >= 4 is 11.8 Å². The van der Waals surface area contributed by atoms with Crippen molar-refractivity contribution in [2.45, 2.75) is 45.8 Å². The van der Waals surface area contributed by atoms with E-state index in [2.05, 4.69) is 11.9 Å². The van der Waals surface area contributed by atoms with Crippen molar-refractivity contribution < 1.29 is 24.2 Å². The highest BCUT2D eigenvalue weighted by atomic mass is 16.5. The molecule has 22 heavy (non-hydrogen) atoms. The van der Waals surface area contributed by atoms with Crippen LogP contribution in [-0.4, -0.2) is 55.4 Å². The molecule has 0 spiro atoms. The number of ether oxygens (including phenoxy) is 2. The van der Waals surface area contributed by atoms with Crippen LogP contribution in [0.1, 0.15) is 34.1 Å². The van der Waals surface area contributed by atoms with E-state index in [0.29, 0.717) is 6.61 Å². The van der Waals surface area contributed by atoms with Crippen LogP contribution in [0.25, 0.3) is 0 Å². The molecule has 0 bridgehead atoms. The summed E-state index contributed by atoms with van der Waals surface area (Å²) in [5, 5.41) is 12.8. The SMILES string of the molecule is C=CCOCC(O)CNC(C)(C)C(=O)CC(C)(C)C(=O)OC. The smallest absolute Gasteiger partial charge is 0.311 e. The monoisotopic (exact) mass is 315 g/mol. The summed E-state index contributed by atoms with van der Waals surface area (Å²) in [6, 6.07) is 0. The molecule has 0 saturated heterocycles. The lowest BCUT2D eigenvalue weighted by Gasteiger charge is -2.30. The quantitative estimate of drug-likeness (QED) is 0.337. The molecule has 0 aliphatic rings. The van der Waals surface area contributed by atoms with E-state index in [0.717, 1.165) is 0 Å². The van der Waals surface area contributed by atoms with Crippen LogP contribution in [0.5, 0.6) is 0 Å². The maximum Gasteiger partial charge on any atom is 0.311 e. The molecule has 0 fully saturated rings. The third kappa shape index (κ3) is 7.15. The molecule has 0 aliphatic heterocycles. The highest BCUT2D eigenvalue weighted by molar-refractivity contribution is 5.92. The second kappa shape index (κ2) is 9.02. The normalized spacial score (nSPS) is 13.5. The first-order chi connectivity index (χ1) is 10.1. The number of aliphatic hydroxyl groups excluding tert-OH is 1. The Morgan fingerprint density at radius 3 is 2.41 bits per heavy atom. The number of ketones is 1. The number of β-amino-alcohol motifs (C(OH)–C–C–N with tert-alkyl or cyclic N) is 1. The molecule has 0 aromatic rings. The molecule has 0 rings (SSSR count). The summed E-state index contributed by atoms with van der Waals surface area (Å²) >= 11 is 0. The second-order valence-corrected chi connectivity index (χ2v) is 6.46. The standard InChI is InChI=1S/C16H29NO5/c1-7-8-22-11-12(18)10-17-16(4,5)13(19)9-15(2,3)14(20)21-6/h7,12,17-18H,1,8-11H2,2-6H3. The Morgan fingerprint density at radius 1 is 1.32 bits per heavy atom. The number of carbonyl (C=O) groups excluding carboxylic acids is 2. The maximum absolute atomic E-state index is 12.4. The van der Waals surface area contributed by atoms with Gasteiger partial charge in [-0.15, -0.1) is 6.58 Å². The van der Waals surface area contributed by atoms with Crippen molar-refractivity contribution in [2.75, 3.05) is 26.9 Å². The minimum Gasteiger partial charge on any atom is -0.469 e. The summed E-state index contributed by atoms with van der Waals surface area (Å²) in [4.78, 5) is 24.0. The minimum atomic E-state index is -0.879. The lowest BCUT2D eigenvalue weighted by molar-refractivity contribution is -0.153. The summed E-state index contributed by atoms with van der Waals surface area (Å²) in [5.41, 5.74) is -1.73. The summed E-state index contributed by atoms with van der Waals surface area (Å²) in [5.74, 6) is -0.545. The molecule has 0 heterocycles. The van der Waals surface area contributed by atoms with Crippen LogP contribution in [0.2, 0.25) is 0 Å². The molecule has 2 N–H and O–H groups in total. The lowest BCUT2D eigenvalue weighted by atomic mass is 9.82. The van der Waals surface area contributed by atoms with E-state index in [1.54, 1.807) is 33.8 Å². The van der Waals surface area contributed by atoms with E-state index in [1.165, 1.54) is 7.11 Å². The van der Waals surface area contributed by atoms with E-state index in [1.807, 2.05) is 0 Å². The Labute approximate surface area is 132 Å². The van der Waals surface area contributed by atoms with Crippen LogP contribution in [-0.2, 0) is 19.1 Å². The van der Waals surface area contributed by atoms with Gasteiger partial charge in [0.1, 0.15) is 0 Å². The van der Waals surface area contributed by atoms with Gasteiger partial charge in [-0.05, 0) is 27.7 Å². The topological polar surface area (TPSA) is 84.9 Å². The molecule has 6 nitrogen and oxygen atoms in total. The summed E-state index contributed by atoms with van der Waals surface area (Å²) < 4.78 is 9.85. The highest BCUT2D eigenvalue weighted by Gasteiger charge is 2.37. The van der Waals surface area contributed by atoms with Gasteiger partial charge in [-0.3, -0.25) is 9.59 Å². The fourth-order valence-electron chi connectivity index (χ4n) is 1.79.